The van der Waals surface area contributed by atoms with Gasteiger partial charge in [0.1, 0.15) is 17.7 Å². The Morgan fingerprint density at radius 1 is 1.11 bits per heavy atom. The van der Waals surface area contributed by atoms with Gasteiger partial charge in [0.15, 0.2) is 5.82 Å². The highest BCUT2D eigenvalue weighted by atomic mass is 19.1. The van der Waals surface area contributed by atoms with Gasteiger partial charge in [-0.05, 0) is 31.5 Å². The van der Waals surface area contributed by atoms with E-state index >= 15 is 0 Å². The monoisotopic (exact) mass is 474 g/mol. The Balaban J connectivity index is 1.54. The molecule has 0 unspecified atom stereocenters. The maximum Gasteiger partial charge on any atom is 0.254 e. The van der Waals surface area contributed by atoms with Crippen LogP contribution in [0.2, 0.25) is 0 Å². The van der Waals surface area contributed by atoms with E-state index in [2.05, 4.69) is 30.6 Å². The van der Waals surface area contributed by atoms with E-state index in [9.17, 15) is 14.3 Å². The smallest absolute Gasteiger partial charge is 0.254 e. The third-order valence-corrected chi connectivity index (χ3v) is 5.81. The normalized spacial score (nSPS) is 12.4. The lowest BCUT2D eigenvalue weighted by molar-refractivity contribution is 0.0738. The van der Waals surface area contributed by atoms with Crippen LogP contribution in [0, 0.1) is 5.82 Å². The lowest BCUT2D eigenvalue weighted by Gasteiger charge is -2.17. The van der Waals surface area contributed by atoms with Crippen molar-refractivity contribution in [3.05, 3.63) is 77.8 Å². The highest BCUT2D eigenvalue weighted by Crippen LogP contribution is 2.28. The molecule has 1 atom stereocenters. The molecule has 0 bridgehead atoms. The molecule has 0 aliphatic carbocycles. The standard InChI is InChI=1S/C26H27FN6O2/c1-15(17-6-5-7-18-23(25(34)28-4)19(27)13-31-24(17)18)11-30-22-10-20(32-14-33-22)16-8-9-21(29-12-16)26(2,3)35/h5-10,12-15,35H,11H2,1-4H3,(H,28,34)(H,30,32,33)/t15-/m1/s1. The molecule has 0 radical (unpaired) electrons. The molecule has 1 aromatic carbocycles. The van der Waals surface area contributed by atoms with Gasteiger partial charge < -0.3 is 15.7 Å². The van der Waals surface area contributed by atoms with Crippen molar-refractivity contribution in [1.29, 1.82) is 0 Å². The first-order valence-corrected chi connectivity index (χ1v) is 11.2. The number of pyridine rings is 2. The van der Waals surface area contributed by atoms with Crippen molar-refractivity contribution in [1.82, 2.24) is 25.3 Å². The van der Waals surface area contributed by atoms with Gasteiger partial charge in [-0.3, -0.25) is 14.8 Å². The predicted octanol–water partition coefficient (Wildman–Crippen LogP) is 4.03. The Bertz CT molecular complexity index is 1370. The van der Waals surface area contributed by atoms with Gasteiger partial charge in [-0.2, -0.15) is 0 Å². The number of hydrogen-bond donors (Lipinski definition) is 3. The molecule has 0 aliphatic heterocycles. The lowest BCUT2D eigenvalue weighted by Crippen LogP contribution is -2.20. The van der Waals surface area contributed by atoms with E-state index in [1.54, 1.807) is 38.2 Å². The van der Waals surface area contributed by atoms with Crippen molar-refractivity contribution in [2.24, 2.45) is 0 Å². The summed E-state index contributed by atoms with van der Waals surface area (Å²) in [6, 6.07) is 10.9. The maximum absolute atomic E-state index is 14.4. The van der Waals surface area contributed by atoms with Crippen molar-refractivity contribution in [3.8, 4) is 11.3 Å². The molecular weight excluding hydrogens is 447 g/mol. The average molecular weight is 475 g/mol. The number of fused-ring (bicyclic) bond motifs is 1. The van der Waals surface area contributed by atoms with E-state index < -0.39 is 17.3 Å². The number of halogens is 1. The molecule has 4 aromatic rings. The number of carbonyl (C=O) groups excluding carboxylic acids is 1. The van der Waals surface area contributed by atoms with Gasteiger partial charge in [0.25, 0.3) is 5.91 Å². The summed E-state index contributed by atoms with van der Waals surface area (Å²) in [5.41, 5.74) is 2.52. The molecular formula is C26H27FN6O2. The molecule has 9 heteroatoms. The van der Waals surface area contributed by atoms with E-state index in [0.717, 1.165) is 17.3 Å². The molecule has 8 nitrogen and oxygen atoms in total. The number of carbonyl (C=O) groups is 1. The SMILES string of the molecule is CNC(=O)c1c(F)cnc2c([C@H](C)CNc3cc(-c4ccc(C(C)(C)O)nc4)ncn3)cccc12. The number of benzene rings is 1. The Morgan fingerprint density at radius 3 is 2.60 bits per heavy atom. The molecule has 3 heterocycles. The van der Waals surface area contributed by atoms with E-state index in [-0.39, 0.29) is 11.5 Å². The van der Waals surface area contributed by atoms with Gasteiger partial charge >= 0.3 is 0 Å². The van der Waals surface area contributed by atoms with Crippen LogP contribution in [0.15, 0.2) is 55.1 Å². The van der Waals surface area contributed by atoms with Crippen LogP contribution in [-0.2, 0) is 5.60 Å². The van der Waals surface area contributed by atoms with Gasteiger partial charge in [-0.1, -0.05) is 25.1 Å². The first kappa shape index (κ1) is 24.2. The summed E-state index contributed by atoms with van der Waals surface area (Å²) in [5, 5.41) is 16.4. The zero-order chi connectivity index (χ0) is 25.2. The highest BCUT2D eigenvalue weighted by molar-refractivity contribution is 6.06. The van der Waals surface area contributed by atoms with Gasteiger partial charge in [-0.15, -0.1) is 0 Å². The van der Waals surface area contributed by atoms with Crippen LogP contribution in [0.3, 0.4) is 0 Å². The van der Waals surface area contributed by atoms with E-state index in [4.69, 9.17) is 0 Å². The second kappa shape index (κ2) is 9.71. The molecule has 3 N–H and O–H groups in total. The number of nitrogens with zero attached hydrogens (tertiary/aromatic N) is 4. The minimum Gasteiger partial charge on any atom is -0.384 e. The van der Waals surface area contributed by atoms with Crippen LogP contribution in [-0.4, -0.2) is 44.5 Å². The number of aliphatic hydroxyl groups is 1. The molecule has 3 aromatic heterocycles. The summed E-state index contributed by atoms with van der Waals surface area (Å²) in [6.07, 6.45) is 4.24. The molecule has 0 saturated carbocycles. The zero-order valence-corrected chi connectivity index (χ0v) is 20.0. The van der Waals surface area contributed by atoms with Crippen LogP contribution in [0.5, 0.6) is 0 Å². The fourth-order valence-electron chi connectivity index (χ4n) is 3.86. The molecule has 0 spiro atoms. The minimum atomic E-state index is -1.02. The number of anilines is 1. The topological polar surface area (TPSA) is 113 Å². The first-order chi connectivity index (χ1) is 16.7. The van der Waals surface area contributed by atoms with Crippen LogP contribution < -0.4 is 10.6 Å². The Labute approximate surface area is 202 Å². The summed E-state index contributed by atoms with van der Waals surface area (Å²) in [4.78, 5) is 29.5. The van der Waals surface area contributed by atoms with Gasteiger partial charge in [0.2, 0.25) is 0 Å². The van der Waals surface area contributed by atoms with Crippen LogP contribution in [0.4, 0.5) is 10.2 Å². The number of rotatable bonds is 7. The summed E-state index contributed by atoms with van der Waals surface area (Å²) >= 11 is 0. The number of amides is 1. The number of nitrogens with one attached hydrogen (secondary N) is 2. The third-order valence-electron chi connectivity index (χ3n) is 5.81. The fraction of sp³-hybridized carbons (Fsp3) is 0.269. The molecule has 1 amide bonds. The molecule has 0 fully saturated rings. The summed E-state index contributed by atoms with van der Waals surface area (Å²) in [5.74, 6) is -0.520. The summed E-state index contributed by atoms with van der Waals surface area (Å²) < 4.78 is 14.4. The number of aromatic nitrogens is 4. The first-order valence-electron chi connectivity index (χ1n) is 11.2. The Kier molecular flexibility index (Phi) is 6.70. The molecule has 35 heavy (non-hydrogen) atoms. The van der Waals surface area contributed by atoms with E-state index in [0.29, 0.717) is 34.7 Å². The van der Waals surface area contributed by atoms with Crippen LogP contribution >= 0.6 is 0 Å². The van der Waals surface area contributed by atoms with Gasteiger partial charge in [-0.25, -0.2) is 14.4 Å². The fourth-order valence-corrected chi connectivity index (χ4v) is 3.86. The maximum atomic E-state index is 14.4. The number of hydrogen-bond acceptors (Lipinski definition) is 7. The minimum absolute atomic E-state index is 0.0100. The predicted molar refractivity (Wildman–Crippen MR) is 133 cm³/mol. The summed E-state index contributed by atoms with van der Waals surface area (Å²) in [7, 11) is 1.47. The number of para-hydroxylation sites is 1. The van der Waals surface area contributed by atoms with Crippen molar-refractivity contribution in [2.45, 2.75) is 32.3 Å². The summed E-state index contributed by atoms with van der Waals surface area (Å²) in [6.45, 7) is 5.92. The zero-order valence-electron chi connectivity index (χ0n) is 20.0. The van der Waals surface area contributed by atoms with Crippen LogP contribution in [0.25, 0.3) is 22.2 Å². The average Bonchev–Trinajstić information content (AvgIpc) is 2.86. The van der Waals surface area contributed by atoms with E-state index in [1.165, 1.54) is 13.4 Å². The second-order valence-electron chi connectivity index (χ2n) is 8.87. The Morgan fingerprint density at radius 2 is 1.91 bits per heavy atom. The van der Waals surface area contributed by atoms with Crippen molar-refractivity contribution >= 4 is 22.6 Å². The quantitative estimate of drug-likeness (QED) is 0.371. The molecule has 0 saturated heterocycles. The lowest BCUT2D eigenvalue weighted by atomic mass is 9.96. The van der Waals surface area contributed by atoms with Crippen LogP contribution in [0.1, 0.15) is 48.3 Å². The third kappa shape index (κ3) is 5.09. The van der Waals surface area contributed by atoms with Gasteiger partial charge in [0.05, 0.1) is 28.7 Å². The molecule has 180 valence electrons. The van der Waals surface area contributed by atoms with Crippen molar-refractivity contribution < 1.29 is 14.3 Å². The largest absolute Gasteiger partial charge is 0.384 e. The van der Waals surface area contributed by atoms with Crippen molar-refractivity contribution in [2.75, 3.05) is 18.9 Å². The second-order valence-corrected chi connectivity index (χ2v) is 8.87. The van der Waals surface area contributed by atoms with E-state index in [1.807, 2.05) is 25.1 Å². The highest BCUT2D eigenvalue weighted by Gasteiger charge is 2.20. The molecule has 0 aliphatic rings. The van der Waals surface area contributed by atoms with Gasteiger partial charge in [0, 0.05) is 42.7 Å². The van der Waals surface area contributed by atoms with Crippen molar-refractivity contribution in [3.63, 3.8) is 0 Å². The molecule has 4 rings (SSSR count). The Hall–Kier alpha value is -3.98.